The van der Waals surface area contributed by atoms with Crippen molar-refractivity contribution in [3.05, 3.63) is 120 Å². The summed E-state index contributed by atoms with van der Waals surface area (Å²) < 4.78 is 4.89. The van der Waals surface area contributed by atoms with Gasteiger partial charge in [-0.15, -0.1) is 0 Å². The highest BCUT2D eigenvalue weighted by atomic mass is 15.0. The molecule has 2 nitrogen and oxygen atoms in total. The first kappa shape index (κ1) is 22.9. The molecule has 38 heavy (non-hydrogen) atoms. The summed E-state index contributed by atoms with van der Waals surface area (Å²) >= 11 is 0. The van der Waals surface area contributed by atoms with Gasteiger partial charge in [0.05, 0.1) is 22.1 Å². The maximum atomic E-state index is 2.45. The quantitative estimate of drug-likeness (QED) is 0.231. The van der Waals surface area contributed by atoms with Crippen LogP contribution in [-0.2, 0) is 0 Å². The molecule has 0 aliphatic rings. The third-order valence-electron chi connectivity index (χ3n) is 8.06. The van der Waals surface area contributed by atoms with Crippen molar-refractivity contribution >= 4 is 43.6 Å². The number of fused-ring (bicyclic) bond motifs is 6. The minimum Gasteiger partial charge on any atom is -0.309 e. The third kappa shape index (κ3) is 3.40. The van der Waals surface area contributed by atoms with E-state index in [0.29, 0.717) is 11.8 Å². The smallest absolute Gasteiger partial charge is 0.0548 e. The highest BCUT2D eigenvalue weighted by Gasteiger charge is 2.18. The Morgan fingerprint density at radius 1 is 0.395 bits per heavy atom. The molecule has 0 unspecified atom stereocenters. The number of aromatic nitrogens is 2. The highest BCUT2D eigenvalue weighted by molar-refractivity contribution is 6.19. The molecule has 0 saturated carbocycles. The number of rotatable bonds is 4. The van der Waals surface area contributed by atoms with Crippen LogP contribution in [0.1, 0.15) is 50.7 Å². The normalized spacial score (nSPS) is 12.2. The Morgan fingerprint density at radius 3 is 1.24 bits per heavy atom. The predicted octanol–water partition coefficient (Wildman–Crippen LogP) is 10.1. The Balaban J connectivity index is 1.62. The van der Waals surface area contributed by atoms with E-state index in [2.05, 4.69) is 146 Å². The van der Waals surface area contributed by atoms with Gasteiger partial charge in [0.1, 0.15) is 0 Å². The Labute approximate surface area is 223 Å². The first-order chi connectivity index (χ1) is 18.5. The minimum atomic E-state index is 0.481. The van der Waals surface area contributed by atoms with E-state index in [1.165, 1.54) is 66.1 Å². The minimum absolute atomic E-state index is 0.481. The van der Waals surface area contributed by atoms with E-state index in [0.717, 1.165) is 0 Å². The van der Waals surface area contributed by atoms with Crippen LogP contribution in [0.25, 0.3) is 55.0 Å². The van der Waals surface area contributed by atoms with Crippen molar-refractivity contribution in [3.63, 3.8) is 0 Å². The summed E-state index contributed by atoms with van der Waals surface area (Å²) in [7, 11) is 0. The molecular weight excluding hydrogens is 460 g/mol. The molecule has 0 spiro atoms. The van der Waals surface area contributed by atoms with E-state index in [4.69, 9.17) is 0 Å². The second kappa shape index (κ2) is 8.63. The van der Waals surface area contributed by atoms with Crippen LogP contribution in [0.5, 0.6) is 0 Å². The van der Waals surface area contributed by atoms with Gasteiger partial charge in [-0.3, -0.25) is 0 Å². The third-order valence-corrected chi connectivity index (χ3v) is 8.06. The summed E-state index contributed by atoms with van der Waals surface area (Å²) in [6, 6.07) is 40.5. The summed E-state index contributed by atoms with van der Waals surface area (Å²) in [5.74, 6) is 0.962. The number of nitrogens with zero attached hydrogens (tertiary/aromatic N) is 2. The van der Waals surface area contributed by atoms with Crippen molar-refractivity contribution in [2.24, 2.45) is 0 Å². The van der Waals surface area contributed by atoms with Crippen LogP contribution >= 0.6 is 0 Å². The molecule has 2 aromatic heterocycles. The molecule has 5 aromatic carbocycles. The number of benzene rings is 5. The van der Waals surface area contributed by atoms with Crippen molar-refractivity contribution < 1.29 is 0 Å². The number of hydrogen-bond acceptors (Lipinski definition) is 0. The first-order valence-electron chi connectivity index (χ1n) is 13.7. The van der Waals surface area contributed by atoms with Crippen LogP contribution in [-0.4, -0.2) is 9.13 Å². The second-order valence-corrected chi connectivity index (χ2v) is 11.1. The molecule has 0 fully saturated rings. The van der Waals surface area contributed by atoms with Crippen LogP contribution in [0.15, 0.2) is 109 Å². The topological polar surface area (TPSA) is 9.86 Å². The van der Waals surface area contributed by atoms with Gasteiger partial charge in [0.2, 0.25) is 0 Å². The van der Waals surface area contributed by atoms with Crippen molar-refractivity contribution in [2.45, 2.75) is 39.5 Å². The van der Waals surface area contributed by atoms with Gasteiger partial charge in [0.15, 0.2) is 0 Å². The zero-order valence-corrected chi connectivity index (χ0v) is 22.4. The van der Waals surface area contributed by atoms with Gasteiger partial charge < -0.3 is 9.13 Å². The zero-order valence-electron chi connectivity index (χ0n) is 22.4. The zero-order chi connectivity index (χ0) is 26.0. The molecule has 0 aliphatic heterocycles. The molecule has 186 valence electrons. The molecule has 0 atom stereocenters. The fourth-order valence-electron chi connectivity index (χ4n) is 6.03. The Kier molecular flexibility index (Phi) is 5.19. The van der Waals surface area contributed by atoms with Crippen molar-refractivity contribution in [1.29, 1.82) is 0 Å². The molecule has 0 radical (unpaired) electrons. The van der Waals surface area contributed by atoms with Gasteiger partial charge in [-0.25, -0.2) is 0 Å². The lowest BCUT2D eigenvalue weighted by molar-refractivity contribution is 0.864. The molecule has 0 N–H and O–H groups in total. The molecule has 7 aromatic rings. The van der Waals surface area contributed by atoms with Crippen LogP contribution < -0.4 is 0 Å². The van der Waals surface area contributed by atoms with E-state index in [-0.39, 0.29) is 0 Å². The lowest BCUT2D eigenvalue weighted by Crippen LogP contribution is -1.97. The highest BCUT2D eigenvalue weighted by Crippen LogP contribution is 2.40. The fraction of sp³-hybridized carbons (Fsp3) is 0.167. The Morgan fingerprint density at radius 2 is 0.816 bits per heavy atom. The summed E-state index contributed by atoms with van der Waals surface area (Å²) in [6.07, 6.45) is 0. The van der Waals surface area contributed by atoms with Gasteiger partial charge in [-0.05, 0) is 71.5 Å². The summed E-state index contributed by atoms with van der Waals surface area (Å²) in [6.45, 7) is 9.05. The molecule has 0 bridgehead atoms. The first-order valence-corrected chi connectivity index (χ1v) is 13.7. The molecule has 0 saturated heterocycles. The van der Waals surface area contributed by atoms with Crippen molar-refractivity contribution in [2.75, 3.05) is 0 Å². The van der Waals surface area contributed by atoms with E-state index in [9.17, 15) is 0 Å². The number of para-hydroxylation sites is 2. The van der Waals surface area contributed by atoms with E-state index >= 15 is 0 Å². The van der Waals surface area contributed by atoms with Gasteiger partial charge in [0, 0.05) is 32.9 Å². The SMILES string of the molecule is CC(C)c1cccc(-n2c3ccccc3c3cc4c(cc32)c2ccccc2n4-c2cccc(C(C)C)c2)c1. The van der Waals surface area contributed by atoms with Crippen LogP contribution in [0.2, 0.25) is 0 Å². The van der Waals surface area contributed by atoms with E-state index < -0.39 is 0 Å². The Hall–Kier alpha value is -4.30. The summed E-state index contributed by atoms with van der Waals surface area (Å²) in [4.78, 5) is 0. The molecule has 7 rings (SSSR count). The Bertz CT molecular complexity index is 1830. The molecule has 0 amide bonds. The summed E-state index contributed by atoms with van der Waals surface area (Å²) in [5.41, 5.74) is 10.1. The molecule has 2 heterocycles. The fourth-order valence-corrected chi connectivity index (χ4v) is 6.03. The maximum absolute atomic E-state index is 2.45. The monoisotopic (exact) mass is 492 g/mol. The van der Waals surface area contributed by atoms with Gasteiger partial charge in [-0.1, -0.05) is 88.4 Å². The number of hydrogen-bond donors (Lipinski definition) is 0. The molecule has 2 heteroatoms. The van der Waals surface area contributed by atoms with Crippen molar-refractivity contribution in [3.8, 4) is 11.4 Å². The van der Waals surface area contributed by atoms with E-state index in [1.54, 1.807) is 0 Å². The lowest BCUT2D eigenvalue weighted by atomic mass is 10.0. The van der Waals surface area contributed by atoms with Gasteiger partial charge >= 0.3 is 0 Å². The average Bonchev–Trinajstić information content (AvgIpc) is 3.44. The van der Waals surface area contributed by atoms with Crippen LogP contribution in [0, 0.1) is 0 Å². The summed E-state index contributed by atoms with van der Waals surface area (Å²) in [5, 5.41) is 5.14. The van der Waals surface area contributed by atoms with Crippen LogP contribution in [0.4, 0.5) is 0 Å². The second-order valence-electron chi connectivity index (χ2n) is 11.1. The largest absolute Gasteiger partial charge is 0.309 e. The van der Waals surface area contributed by atoms with Crippen molar-refractivity contribution in [1.82, 2.24) is 9.13 Å². The maximum Gasteiger partial charge on any atom is 0.0548 e. The lowest BCUT2D eigenvalue weighted by Gasteiger charge is -2.13. The van der Waals surface area contributed by atoms with Crippen LogP contribution in [0.3, 0.4) is 0 Å². The average molecular weight is 493 g/mol. The van der Waals surface area contributed by atoms with Gasteiger partial charge in [-0.2, -0.15) is 0 Å². The predicted molar refractivity (Wildman–Crippen MR) is 163 cm³/mol. The standard InChI is InChI=1S/C36H32N2/c1-23(2)25-11-9-13-27(19-25)37-33-17-7-5-15-29(33)31-22-36-32(21-35(31)37)30-16-6-8-18-34(30)38(36)28-14-10-12-26(20-28)24(3)4/h5-24H,1-4H3. The van der Waals surface area contributed by atoms with E-state index in [1.807, 2.05) is 0 Å². The van der Waals surface area contributed by atoms with Gasteiger partial charge in [0.25, 0.3) is 0 Å². The molecule has 0 aliphatic carbocycles. The molecular formula is C36H32N2.